The van der Waals surface area contributed by atoms with Crippen molar-refractivity contribution in [3.63, 3.8) is 0 Å². The summed E-state index contributed by atoms with van der Waals surface area (Å²) in [5.74, 6) is 0. The summed E-state index contributed by atoms with van der Waals surface area (Å²) in [5.41, 5.74) is 8.24. The molecule has 1 aromatic rings. The van der Waals surface area contributed by atoms with Gasteiger partial charge < -0.3 is 15.7 Å². The highest BCUT2D eigenvalue weighted by Gasteiger charge is 2.22. The molecule has 1 fully saturated rings. The Labute approximate surface area is 130 Å². The first-order valence-electron chi connectivity index (χ1n) is 7.56. The molecule has 112 valence electrons. The summed E-state index contributed by atoms with van der Waals surface area (Å²) in [6, 6.07) is 6.92. The van der Waals surface area contributed by atoms with Crippen molar-refractivity contribution in [1.29, 1.82) is 0 Å². The summed E-state index contributed by atoms with van der Waals surface area (Å²) in [5, 5.41) is 9.39. The lowest BCUT2D eigenvalue weighted by Gasteiger charge is -2.36. The van der Waals surface area contributed by atoms with Gasteiger partial charge in [-0.25, -0.2) is 0 Å². The molecule has 4 heteroatoms. The van der Waals surface area contributed by atoms with Crippen molar-refractivity contribution in [2.75, 3.05) is 18.1 Å². The maximum Gasteiger partial charge on any atom is 0.0606 e. The Morgan fingerprint density at radius 3 is 2.60 bits per heavy atom. The third-order valence-corrected chi connectivity index (χ3v) is 4.80. The van der Waals surface area contributed by atoms with Crippen LogP contribution < -0.4 is 10.6 Å². The van der Waals surface area contributed by atoms with Gasteiger partial charge in [0.2, 0.25) is 0 Å². The number of benzene rings is 1. The Morgan fingerprint density at radius 2 is 2.05 bits per heavy atom. The summed E-state index contributed by atoms with van der Waals surface area (Å²) in [6.45, 7) is 2.88. The zero-order chi connectivity index (χ0) is 14.5. The first-order chi connectivity index (χ1) is 9.63. The summed E-state index contributed by atoms with van der Waals surface area (Å²) in [6.07, 6.45) is 6.38. The molecule has 0 heterocycles. The highest BCUT2D eigenvalue weighted by molar-refractivity contribution is 9.10. The van der Waals surface area contributed by atoms with Crippen LogP contribution in [0.15, 0.2) is 22.7 Å². The van der Waals surface area contributed by atoms with E-state index >= 15 is 0 Å². The SMILES string of the molecule is C[C@@H](N)c1ccc(N(CCO)C2CCCCC2)c(Br)c1. The van der Waals surface area contributed by atoms with Gasteiger partial charge in [-0.1, -0.05) is 25.3 Å². The molecule has 20 heavy (non-hydrogen) atoms. The predicted octanol–water partition coefficient (Wildman–Crippen LogP) is 3.60. The van der Waals surface area contributed by atoms with Gasteiger partial charge >= 0.3 is 0 Å². The van der Waals surface area contributed by atoms with Gasteiger partial charge in [-0.05, 0) is 53.4 Å². The lowest BCUT2D eigenvalue weighted by atomic mass is 9.93. The molecule has 1 saturated carbocycles. The molecule has 0 aromatic heterocycles. The van der Waals surface area contributed by atoms with Crippen molar-refractivity contribution in [2.24, 2.45) is 5.73 Å². The van der Waals surface area contributed by atoms with E-state index in [0.29, 0.717) is 12.6 Å². The van der Waals surface area contributed by atoms with Gasteiger partial charge in [0.25, 0.3) is 0 Å². The molecule has 1 aliphatic rings. The summed E-state index contributed by atoms with van der Waals surface area (Å²) >= 11 is 3.67. The second kappa shape index (κ2) is 7.43. The Bertz CT molecular complexity index is 430. The molecular weight excluding hydrogens is 316 g/mol. The highest BCUT2D eigenvalue weighted by Crippen LogP contribution is 2.33. The number of hydrogen-bond acceptors (Lipinski definition) is 3. The zero-order valence-corrected chi connectivity index (χ0v) is 13.8. The Morgan fingerprint density at radius 1 is 1.35 bits per heavy atom. The molecule has 3 N–H and O–H groups in total. The van der Waals surface area contributed by atoms with Crippen molar-refractivity contribution in [3.05, 3.63) is 28.2 Å². The Hall–Kier alpha value is -0.580. The summed E-state index contributed by atoms with van der Waals surface area (Å²) in [4.78, 5) is 2.36. The maximum absolute atomic E-state index is 9.39. The molecule has 1 aliphatic carbocycles. The number of rotatable bonds is 5. The summed E-state index contributed by atoms with van der Waals surface area (Å²) in [7, 11) is 0. The van der Waals surface area contributed by atoms with E-state index in [1.807, 2.05) is 6.92 Å². The normalized spacial score (nSPS) is 18.0. The second-order valence-electron chi connectivity index (χ2n) is 5.71. The molecule has 0 aliphatic heterocycles. The number of aliphatic hydroxyl groups is 1. The fourth-order valence-corrected chi connectivity index (χ4v) is 3.66. The van der Waals surface area contributed by atoms with Gasteiger partial charge in [0.05, 0.1) is 12.3 Å². The van der Waals surface area contributed by atoms with E-state index < -0.39 is 0 Å². The third-order valence-electron chi connectivity index (χ3n) is 4.16. The molecule has 1 aromatic carbocycles. The number of anilines is 1. The van der Waals surface area contributed by atoms with E-state index in [4.69, 9.17) is 5.73 Å². The lowest BCUT2D eigenvalue weighted by Crippen LogP contribution is -2.39. The lowest BCUT2D eigenvalue weighted by molar-refractivity contribution is 0.290. The van der Waals surface area contributed by atoms with Gasteiger partial charge in [0, 0.05) is 23.1 Å². The van der Waals surface area contributed by atoms with Crippen molar-refractivity contribution in [2.45, 2.75) is 51.1 Å². The minimum absolute atomic E-state index is 0.0429. The van der Waals surface area contributed by atoms with Gasteiger partial charge in [0.1, 0.15) is 0 Å². The van der Waals surface area contributed by atoms with Crippen LogP contribution in [0.4, 0.5) is 5.69 Å². The van der Waals surface area contributed by atoms with Crippen molar-refractivity contribution < 1.29 is 5.11 Å². The van der Waals surface area contributed by atoms with E-state index in [1.165, 1.54) is 37.8 Å². The number of halogens is 1. The largest absolute Gasteiger partial charge is 0.395 e. The molecule has 0 spiro atoms. The Balaban J connectivity index is 2.24. The van der Waals surface area contributed by atoms with E-state index in [-0.39, 0.29) is 12.6 Å². The fourth-order valence-electron chi connectivity index (χ4n) is 3.04. The predicted molar refractivity (Wildman–Crippen MR) is 88.0 cm³/mol. The van der Waals surface area contributed by atoms with Crippen LogP contribution >= 0.6 is 15.9 Å². The van der Waals surface area contributed by atoms with Crippen LogP contribution in [0.5, 0.6) is 0 Å². The molecule has 1 atom stereocenters. The average molecular weight is 341 g/mol. The average Bonchev–Trinajstić information content (AvgIpc) is 2.46. The smallest absolute Gasteiger partial charge is 0.0606 e. The standard InChI is InChI=1S/C16H25BrN2O/c1-12(18)13-7-8-16(15(17)11-13)19(9-10-20)14-5-3-2-4-6-14/h7-8,11-12,14,20H,2-6,9-10,18H2,1H3/t12-/m1/s1. The van der Waals surface area contributed by atoms with Gasteiger partial charge in [0.15, 0.2) is 0 Å². The molecule has 2 rings (SSSR count). The topological polar surface area (TPSA) is 49.5 Å². The maximum atomic E-state index is 9.39. The number of nitrogens with zero attached hydrogens (tertiary/aromatic N) is 1. The third kappa shape index (κ3) is 3.74. The van der Waals surface area contributed by atoms with E-state index in [0.717, 1.165) is 10.0 Å². The number of hydrogen-bond donors (Lipinski definition) is 2. The van der Waals surface area contributed by atoms with Crippen LogP contribution in [0.1, 0.15) is 50.6 Å². The quantitative estimate of drug-likeness (QED) is 0.860. The highest BCUT2D eigenvalue weighted by atomic mass is 79.9. The Kier molecular flexibility index (Phi) is 5.87. The van der Waals surface area contributed by atoms with Crippen LogP contribution in [0.2, 0.25) is 0 Å². The molecule has 0 amide bonds. The minimum Gasteiger partial charge on any atom is -0.395 e. The van der Waals surface area contributed by atoms with Crippen LogP contribution in [-0.4, -0.2) is 24.3 Å². The first-order valence-corrected chi connectivity index (χ1v) is 8.35. The fraction of sp³-hybridized carbons (Fsp3) is 0.625. The second-order valence-corrected chi connectivity index (χ2v) is 6.56. The van der Waals surface area contributed by atoms with Crippen LogP contribution in [-0.2, 0) is 0 Å². The van der Waals surface area contributed by atoms with Gasteiger partial charge in [-0.2, -0.15) is 0 Å². The van der Waals surface area contributed by atoms with Crippen molar-refractivity contribution in [1.82, 2.24) is 0 Å². The van der Waals surface area contributed by atoms with E-state index in [1.54, 1.807) is 0 Å². The molecular formula is C16H25BrN2O. The van der Waals surface area contributed by atoms with Crippen LogP contribution in [0, 0.1) is 0 Å². The zero-order valence-electron chi connectivity index (χ0n) is 12.2. The number of aliphatic hydroxyl groups excluding tert-OH is 1. The number of nitrogens with two attached hydrogens (primary N) is 1. The first kappa shape index (κ1) is 15.8. The van der Waals surface area contributed by atoms with E-state index in [9.17, 15) is 5.11 Å². The van der Waals surface area contributed by atoms with Gasteiger partial charge in [-0.3, -0.25) is 0 Å². The van der Waals surface area contributed by atoms with Crippen LogP contribution in [0.3, 0.4) is 0 Å². The van der Waals surface area contributed by atoms with Crippen LogP contribution in [0.25, 0.3) is 0 Å². The van der Waals surface area contributed by atoms with Crippen molar-refractivity contribution >= 4 is 21.6 Å². The molecule has 0 unspecified atom stereocenters. The van der Waals surface area contributed by atoms with Gasteiger partial charge in [-0.15, -0.1) is 0 Å². The minimum atomic E-state index is 0.0429. The molecule has 3 nitrogen and oxygen atoms in total. The monoisotopic (exact) mass is 340 g/mol. The molecule has 0 saturated heterocycles. The van der Waals surface area contributed by atoms with E-state index in [2.05, 4.69) is 39.0 Å². The summed E-state index contributed by atoms with van der Waals surface area (Å²) < 4.78 is 1.08. The van der Waals surface area contributed by atoms with Crippen molar-refractivity contribution in [3.8, 4) is 0 Å². The molecule has 0 radical (unpaired) electrons. The molecule has 0 bridgehead atoms.